The van der Waals surface area contributed by atoms with Crippen LogP contribution in [0.1, 0.15) is 28.7 Å². The molecular formula is C9H15N3O. The van der Waals surface area contributed by atoms with Gasteiger partial charge >= 0.3 is 0 Å². The SMILES string of the molecule is CCN.Cc1cc2c([nH]1)CNC2=O. The van der Waals surface area contributed by atoms with Crippen molar-refractivity contribution in [2.45, 2.75) is 20.4 Å². The number of carbonyl (C=O) groups is 1. The van der Waals surface area contributed by atoms with Gasteiger partial charge in [0, 0.05) is 11.4 Å². The van der Waals surface area contributed by atoms with Crippen LogP contribution in [0.5, 0.6) is 0 Å². The monoisotopic (exact) mass is 181 g/mol. The van der Waals surface area contributed by atoms with Crippen LogP contribution in [0.3, 0.4) is 0 Å². The van der Waals surface area contributed by atoms with Gasteiger partial charge in [0.05, 0.1) is 12.1 Å². The summed E-state index contributed by atoms with van der Waals surface area (Å²) < 4.78 is 0. The van der Waals surface area contributed by atoms with E-state index < -0.39 is 0 Å². The van der Waals surface area contributed by atoms with Gasteiger partial charge < -0.3 is 16.0 Å². The standard InChI is InChI=1S/C7H8N2O.C2H7N/c1-4-2-5-6(9-4)3-8-7(5)10;1-2-3/h2,9H,3H2,1H3,(H,8,10);2-3H2,1H3. The lowest BCUT2D eigenvalue weighted by atomic mass is 10.3. The summed E-state index contributed by atoms with van der Waals surface area (Å²) in [7, 11) is 0. The Morgan fingerprint density at radius 1 is 1.62 bits per heavy atom. The maximum atomic E-state index is 10.9. The molecule has 0 atom stereocenters. The second-order valence-electron chi connectivity index (χ2n) is 2.94. The van der Waals surface area contributed by atoms with E-state index in [-0.39, 0.29) is 5.91 Å². The van der Waals surface area contributed by atoms with Gasteiger partial charge in [-0.25, -0.2) is 0 Å². The number of aromatic nitrogens is 1. The van der Waals surface area contributed by atoms with Gasteiger partial charge in [-0.05, 0) is 19.5 Å². The van der Waals surface area contributed by atoms with E-state index in [0.717, 1.165) is 23.5 Å². The second kappa shape index (κ2) is 4.09. The third-order valence-electron chi connectivity index (χ3n) is 1.70. The van der Waals surface area contributed by atoms with E-state index in [0.29, 0.717) is 6.54 Å². The zero-order chi connectivity index (χ0) is 9.84. The molecule has 1 aliphatic heterocycles. The van der Waals surface area contributed by atoms with E-state index in [1.54, 1.807) is 0 Å². The third kappa shape index (κ3) is 2.09. The fraction of sp³-hybridized carbons (Fsp3) is 0.444. The first-order valence-electron chi connectivity index (χ1n) is 4.35. The molecule has 0 unspecified atom stereocenters. The highest BCUT2D eigenvalue weighted by Gasteiger charge is 2.19. The number of nitrogens with two attached hydrogens (primary N) is 1. The summed E-state index contributed by atoms with van der Waals surface area (Å²) in [6, 6.07) is 1.87. The number of hydrogen-bond acceptors (Lipinski definition) is 2. The van der Waals surface area contributed by atoms with Gasteiger partial charge in [0.15, 0.2) is 0 Å². The van der Waals surface area contributed by atoms with Gasteiger partial charge in [-0.3, -0.25) is 4.79 Å². The fourth-order valence-electron chi connectivity index (χ4n) is 1.25. The van der Waals surface area contributed by atoms with Crippen LogP contribution in [0.15, 0.2) is 6.07 Å². The van der Waals surface area contributed by atoms with Crippen LogP contribution in [0, 0.1) is 6.92 Å². The average molecular weight is 181 g/mol. The molecule has 1 aromatic heterocycles. The van der Waals surface area contributed by atoms with Crippen LogP contribution in [-0.4, -0.2) is 17.4 Å². The molecule has 0 aromatic carbocycles. The number of aromatic amines is 1. The summed E-state index contributed by atoms with van der Waals surface area (Å²) >= 11 is 0. The molecule has 0 radical (unpaired) electrons. The fourth-order valence-corrected chi connectivity index (χ4v) is 1.25. The van der Waals surface area contributed by atoms with Crippen molar-refractivity contribution in [3.63, 3.8) is 0 Å². The van der Waals surface area contributed by atoms with Gasteiger partial charge in [0.2, 0.25) is 0 Å². The number of carbonyl (C=O) groups excluding carboxylic acids is 1. The van der Waals surface area contributed by atoms with E-state index in [9.17, 15) is 4.79 Å². The molecule has 0 saturated heterocycles. The highest BCUT2D eigenvalue weighted by Crippen LogP contribution is 2.14. The van der Waals surface area contributed by atoms with Crippen LogP contribution >= 0.6 is 0 Å². The highest BCUT2D eigenvalue weighted by molar-refractivity contribution is 5.98. The Kier molecular flexibility index (Phi) is 3.08. The molecule has 2 rings (SSSR count). The van der Waals surface area contributed by atoms with Crippen molar-refractivity contribution < 1.29 is 4.79 Å². The van der Waals surface area contributed by atoms with Gasteiger partial charge in [0.25, 0.3) is 5.91 Å². The molecule has 0 bridgehead atoms. The maximum Gasteiger partial charge on any atom is 0.253 e. The quantitative estimate of drug-likeness (QED) is 0.546. The number of amides is 1. The van der Waals surface area contributed by atoms with Crippen LogP contribution in [0.25, 0.3) is 0 Å². The summed E-state index contributed by atoms with van der Waals surface area (Å²) in [5.74, 6) is 0.0411. The zero-order valence-electron chi connectivity index (χ0n) is 7.98. The van der Waals surface area contributed by atoms with E-state index in [1.165, 1.54) is 0 Å². The molecule has 4 heteroatoms. The molecule has 0 spiro atoms. The third-order valence-corrected chi connectivity index (χ3v) is 1.70. The van der Waals surface area contributed by atoms with Crippen molar-refractivity contribution in [2.24, 2.45) is 5.73 Å². The van der Waals surface area contributed by atoms with Crippen LogP contribution in [0.4, 0.5) is 0 Å². The topological polar surface area (TPSA) is 70.9 Å². The van der Waals surface area contributed by atoms with Gasteiger partial charge in [-0.2, -0.15) is 0 Å². The first-order valence-corrected chi connectivity index (χ1v) is 4.35. The predicted octanol–water partition coefficient (Wildman–Crippen LogP) is 0.532. The Hall–Kier alpha value is -1.29. The van der Waals surface area contributed by atoms with Crippen molar-refractivity contribution in [1.29, 1.82) is 0 Å². The first kappa shape index (κ1) is 9.80. The molecule has 4 nitrogen and oxygen atoms in total. The van der Waals surface area contributed by atoms with Crippen molar-refractivity contribution in [2.75, 3.05) is 6.54 Å². The number of nitrogens with one attached hydrogen (secondary N) is 2. The van der Waals surface area contributed by atoms with Gasteiger partial charge in [-0.1, -0.05) is 6.92 Å². The Balaban J connectivity index is 0.000000251. The molecule has 0 aliphatic carbocycles. The normalized spacial score (nSPS) is 13.0. The number of fused-ring (bicyclic) bond motifs is 1. The molecule has 72 valence electrons. The average Bonchev–Trinajstić information content (AvgIpc) is 2.55. The van der Waals surface area contributed by atoms with Crippen molar-refractivity contribution in [3.05, 3.63) is 23.0 Å². The molecule has 1 aliphatic rings. The van der Waals surface area contributed by atoms with Gasteiger partial charge in [-0.15, -0.1) is 0 Å². The molecule has 0 saturated carbocycles. The number of rotatable bonds is 0. The minimum absolute atomic E-state index is 0.0411. The van der Waals surface area contributed by atoms with Crippen LogP contribution in [-0.2, 0) is 6.54 Å². The summed E-state index contributed by atoms with van der Waals surface area (Å²) in [5.41, 5.74) is 7.72. The van der Waals surface area contributed by atoms with Crippen molar-refractivity contribution in [3.8, 4) is 0 Å². The van der Waals surface area contributed by atoms with E-state index in [4.69, 9.17) is 5.73 Å². The molecule has 1 amide bonds. The summed E-state index contributed by atoms with van der Waals surface area (Å²) in [6.45, 7) is 5.26. The number of aryl methyl sites for hydroxylation is 1. The number of hydrogen-bond donors (Lipinski definition) is 3. The molecule has 1 aromatic rings. The Morgan fingerprint density at radius 2 is 2.23 bits per heavy atom. The molecule has 2 heterocycles. The van der Waals surface area contributed by atoms with E-state index >= 15 is 0 Å². The Bertz CT molecular complexity index is 304. The second-order valence-corrected chi connectivity index (χ2v) is 2.94. The van der Waals surface area contributed by atoms with Gasteiger partial charge in [0.1, 0.15) is 0 Å². The summed E-state index contributed by atoms with van der Waals surface area (Å²) in [4.78, 5) is 14.1. The Labute approximate surface area is 77.5 Å². The lowest BCUT2D eigenvalue weighted by Gasteiger charge is -1.88. The highest BCUT2D eigenvalue weighted by atomic mass is 16.1. The molecule has 4 N–H and O–H groups in total. The molecule has 13 heavy (non-hydrogen) atoms. The van der Waals surface area contributed by atoms with Crippen LogP contribution in [0.2, 0.25) is 0 Å². The lowest BCUT2D eigenvalue weighted by molar-refractivity contribution is 0.0965. The van der Waals surface area contributed by atoms with Crippen molar-refractivity contribution >= 4 is 5.91 Å². The zero-order valence-corrected chi connectivity index (χ0v) is 7.98. The summed E-state index contributed by atoms with van der Waals surface area (Å²) in [5, 5.41) is 2.72. The molecular weight excluding hydrogens is 166 g/mol. The van der Waals surface area contributed by atoms with Crippen molar-refractivity contribution in [1.82, 2.24) is 10.3 Å². The number of H-pyrrole nitrogens is 1. The molecule has 0 fully saturated rings. The minimum Gasteiger partial charge on any atom is -0.360 e. The van der Waals surface area contributed by atoms with E-state index in [2.05, 4.69) is 10.3 Å². The predicted molar refractivity (Wildman–Crippen MR) is 51.4 cm³/mol. The lowest BCUT2D eigenvalue weighted by Crippen LogP contribution is -2.12. The largest absolute Gasteiger partial charge is 0.360 e. The Morgan fingerprint density at radius 3 is 2.77 bits per heavy atom. The first-order chi connectivity index (χ1) is 6.19. The van der Waals surface area contributed by atoms with E-state index in [1.807, 2.05) is 19.9 Å². The summed E-state index contributed by atoms with van der Waals surface area (Å²) in [6.07, 6.45) is 0. The maximum absolute atomic E-state index is 10.9. The van der Waals surface area contributed by atoms with Crippen LogP contribution < -0.4 is 11.1 Å². The minimum atomic E-state index is 0.0411. The smallest absolute Gasteiger partial charge is 0.253 e.